The Morgan fingerprint density at radius 3 is 2.25 bits per heavy atom. The van der Waals surface area contributed by atoms with Gasteiger partial charge in [-0.25, -0.2) is 8.42 Å². The summed E-state index contributed by atoms with van der Waals surface area (Å²) >= 11 is 0. The number of aliphatic hydroxyl groups is 1. The molecule has 2 atom stereocenters. The first-order chi connectivity index (χ1) is 18.3. The molecule has 40 heavy (non-hydrogen) atoms. The van der Waals surface area contributed by atoms with Crippen molar-refractivity contribution in [3.8, 4) is 0 Å². The SMILES string of the molecule is C.CCCCC1(CCCC)CS(=O)(=O)c2ccc(N(C)C)cc2[C@@H](c2cccc(NCCCS(=O)(=O)O)c2)[C@H]1O. The third kappa shape index (κ3) is 8.21. The molecule has 2 aromatic carbocycles. The van der Waals surface area contributed by atoms with Crippen molar-refractivity contribution in [2.45, 2.75) is 83.1 Å². The van der Waals surface area contributed by atoms with Gasteiger partial charge in [-0.05, 0) is 60.7 Å². The van der Waals surface area contributed by atoms with Gasteiger partial charge in [-0.1, -0.05) is 59.1 Å². The summed E-state index contributed by atoms with van der Waals surface area (Å²) in [6, 6.07) is 13.0. The van der Waals surface area contributed by atoms with Gasteiger partial charge in [0.25, 0.3) is 10.1 Å². The van der Waals surface area contributed by atoms with Crippen LogP contribution in [0.5, 0.6) is 0 Å². The highest BCUT2D eigenvalue weighted by molar-refractivity contribution is 7.91. The molecule has 1 aliphatic heterocycles. The van der Waals surface area contributed by atoms with Crippen molar-refractivity contribution >= 4 is 31.3 Å². The number of anilines is 2. The largest absolute Gasteiger partial charge is 0.392 e. The van der Waals surface area contributed by atoms with Crippen molar-refractivity contribution < 1.29 is 26.5 Å². The predicted molar refractivity (Wildman–Crippen MR) is 165 cm³/mol. The Morgan fingerprint density at radius 1 is 1.02 bits per heavy atom. The van der Waals surface area contributed by atoms with Crippen LogP contribution in [0.3, 0.4) is 0 Å². The van der Waals surface area contributed by atoms with Gasteiger partial charge in [0, 0.05) is 43.3 Å². The number of benzene rings is 2. The molecule has 0 unspecified atom stereocenters. The fourth-order valence-electron chi connectivity index (χ4n) is 5.72. The number of hydrogen-bond acceptors (Lipinski definition) is 7. The Labute approximate surface area is 241 Å². The molecule has 2 aromatic rings. The van der Waals surface area contributed by atoms with Crippen molar-refractivity contribution in [1.29, 1.82) is 0 Å². The minimum absolute atomic E-state index is 0. The highest BCUT2D eigenvalue weighted by Gasteiger charge is 2.49. The lowest BCUT2D eigenvalue weighted by molar-refractivity contribution is 0.0127. The van der Waals surface area contributed by atoms with Crippen LogP contribution in [-0.2, 0) is 20.0 Å². The number of unbranched alkanes of at least 4 members (excludes halogenated alkanes) is 2. The van der Waals surface area contributed by atoms with E-state index in [-0.39, 0.29) is 30.2 Å². The Balaban J connectivity index is 0.00000560. The Hall–Kier alpha value is -2.14. The van der Waals surface area contributed by atoms with Crippen molar-refractivity contribution in [3.05, 3.63) is 53.6 Å². The summed E-state index contributed by atoms with van der Waals surface area (Å²) in [5.74, 6) is -0.985. The molecular formula is C30H48N2O6S2. The lowest BCUT2D eigenvalue weighted by atomic mass is 9.68. The highest BCUT2D eigenvalue weighted by atomic mass is 32.2. The second kappa shape index (κ2) is 14.2. The third-order valence-corrected chi connectivity index (χ3v) is 10.6. The minimum Gasteiger partial charge on any atom is -0.392 e. The molecule has 0 bridgehead atoms. The summed E-state index contributed by atoms with van der Waals surface area (Å²) in [7, 11) is -3.90. The smallest absolute Gasteiger partial charge is 0.264 e. The van der Waals surface area contributed by atoms with Crippen LogP contribution in [-0.4, -0.2) is 64.7 Å². The second-order valence-corrected chi connectivity index (χ2v) is 14.6. The summed E-state index contributed by atoms with van der Waals surface area (Å²) in [6.45, 7) is 4.50. The number of nitrogens with zero attached hydrogens (tertiary/aromatic N) is 1. The summed E-state index contributed by atoms with van der Waals surface area (Å²) in [5.41, 5.74) is 2.21. The van der Waals surface area contributed by atoms with Crippen LogP contribution in [0.4, 0.5) is 11.4 Å². The molecule has 10 heteroatoms. The monoisotopic (exact) mass is 596 g/mol. The zero-order valence-corrected chi connectivity index (χ0v) is 25.2. The Morgan fingerprint density at radius 2 is 1.68 bits per heavy atom. The number of hydrogen-bond donors (Lipinski definition) is 3. The average Bonchev–Trinajstić information content (AvgIpc) is 2.94. The molecular weight excluding hydrogens is 548 g/mol. The third-order valence-electron chi connectivity index (χ3n) is 7.81. The van der Waals surface area contributed by atoms with Crippen LogP contribution in [0.2, 0.25) is 0 Å². The number of sulfone groups is 1. The molecule has 3 N–H and O–H groups in total. The first-order valence-corrected chi connectivity index (χ1v) is 17.1. The zero-order chi connectivity index (χ0) is 28.8. The van der Waals surface area contributed by atoms with E-state index in [4.69, 9.17) is 4.55 Å². The molecule has 3 rings (SSSR count). The van der Waals surface area contributed by atoms with E-state index in [2.05, 4.69) is 19.2 Å². The fourth-order valence-corrected chi connectivity index (χ4v) is 8.42. The number of rotatable bonds is 13. The Bertz CT molecular complexity index is 1320. The lowest BCUT2D eigenvalue weighted by Crippen LogP contribution is -2.43. The fraction of sp³-hybridized carbons (Fsp3) is 0.600. The molecule has 0 spiro atoms. The van der Waals surface area contributed by atoms with Gasteiger partial charge in [0.2, 0.25) is 0 Å². The summed E-state index contributed by atoms with van der Waals surface area (Å²) in [6.07, 6.45) is 4.05. The molecule has 0 fully saturated rings. The van der Waals surface area contributed by atoms with Crippen LogP contribution in [0, 0.1) is 5.41 Å². The molecule has 8 nitrogen and oxygen atoms in total. The van der Waals surface area contributed by atoms with Crippen LogP contribution < -0.4 is 10.2 Å². The molecule has 1 aliphatic rings. The first-order valence-electron chi connectivity index (χ1n) is 13.8. The van der Waals surface area contributed by atoms with Gasteiger partial charge in [-0.3, -0.25) is 4.55 Å². The quantitative estimate of drug-likeness (QED) is 0.198. The second-order valence-electron chi connectivity index (χ2n) is 11.1. The summed E-state index contributed by atoms with van der Waals surface area (Å²) in [4.78, 5) is 2.20. The topological polar surface area (TPSA) is 124 Å². The number of nitrogens with one attached hydrogen (secondary N) is 1. The van der Waals surface area contributed by atoms with E-state index in [0.717, 1.165) is 42.6 Å². The van der Waals surface area contributed by atoms with Gasteiger partial charge in [0.1, 0.15) is 0 Å². The molecule has 0 radical (unpaired) electrons. The van der Waals surface area contributed by atoms with Crippen molar-refractivity contribution in [1.82, 2.24) is 0 Å². The first kappa shape index (κ1) is 34.1. The van der Waals surface area contributed by atoms with E-state index in [9.17, 15) is 21.9 Å². The summed E-state index contributed by atoms with van der Waals surface area (Å²) in [5, 5.41) is 15.5. The number of aliphatic hydroxyl groups excluding tert-OH is 1. The van der Waals surface area contributed by atoms with E-state index in [1.165, 1.54) is 0 Å². The van der Waals surface area contributed by atoms with Crippen LogP contribution in [0.15, 0.2) is 47.4 Å². The van der Waals surface area contributed by atoms with E-state index < -0.39 is 37.4 Å². The lowest BCUT2D eigenvalue weighted by Gasteiger charge is -2.40. The van der Waals surface area contributed by atoms with E-state index in [1.54, 1.807) is 6.07 Å². The van der Waals surface area contributed by atoms with Crippen LogP contribution in [0.1, 0.15) is 83.3 Å². The molecule has 0 saturated carbocycles. The predicted octanol–water partition coefficient (Wildman–Crippen LogP) is 5.73. The molecule has 0 aromatic heterocycles. The zero-order valence-electron chi connectivity index (χ0n) is 23.6. The highest BCUT2D eigenvalue weighted by Crippen LogP contribution is 2.50. The van der Waals surface area contributed by atoms with Crippen molar-refractivity contribution in [3.63, 3.8) is 0 Å². The van der Waals surface area contributed by atoms with Gasteiger partial charge >= 0.3 is 0 Å². The standard InChI is InChI=1S/C29H44N2O6S2.CH4/c1-5-7-15-29(16-8-6-2)21-38(33,34)26-14-13-24(31(3)4)20-25(26)27(28(29)32)22-11-9-12-23(19-22)30-17-10-18-39(35,36)37;/h9,11-14,19-20,27-28,30,32H,5-8,10,15-18,21H2,1-4H3,(H,35,36,37);1H4/t27-,28-;/m1./s1. The Kier molecular flexibility index (Phi) is 12.1. The minimum atomic E-state index is -4.03. The maximum atomic E-state index is 14.0. The van der Waals surface area contributed by atoms with Gasteiger partial charge in [-0.2, -0.15) is 8.42 Å². The summed E-state index contributed by atoms with van der Waals surface area (Å²) < 4.78 is 59.1. The maximum Gasteiger partial charge on any atom is 0.264 e. The van der Waals surface area contributed by atoms with E-state index in [0.29, 0.717) is 24.9 Å². The van der Waals surface area contributed by atoms with Crippen LogP contribution >= 0.6 is 0 Å². The van der Waals surface area contributed by atoms with E-state index >= 15 is 0 Å². The van der Waals surface area contributed by atoms with Crippen LogP contribution in [0.25, 0.3) is 0 Å². The molecule has 0 saturated heterocycles. The van der Waals surface area contributed by atoms with Crippen molar-refractivity contribution in [2.24, 2.45) is 5.41 Å². The van der Waals surface area contributed by atoms with Gasteiger partial charge < -0.3 is 15.3 Å². The average molecular weight is 597 g/mol. The molecule has 0 amide bonds. The van der Waals surface area contributed by atoms with Gasteiger partial charge in [0.05, 0.1) is 22.5 Å². The van der Waals surface area contributed by atoms with Crippen molar-refractivity contribution in [2.75, 3.05) is 42.4 Å². The molecule has 1 heterocycles. The van der Waals surface area contributed by atoms with Gasteiger partial charge in [0.15, 0.2) is 9.84 Å². The molecule has 226 valence electrons. The normalized spacial score (nSPS) is 19.6. The van der Waals surface area contributed by atoms with Gasteiger partial charge in [-0.15, -0.1) is 0 Å². The molecule has 0 aliphatic carbocycles. The van der Waals surface area contributed by atoms with E-state index in [1.807, 2.05) is 55.4 Å². The maximum absolute atomic E-state index is 14.0. The number of fused-ring (bicyclic) bond motifs is 1.